The quantitative estimate of drug-likeness (QED) is 0.677. The smallest absolute Gasteiger partial charge is 0.255 e. The Morgan fingerprint density at radius 3 is 2.52 bits per heavy atom. The largest absolute Gasteiger partial charge is 0.324 e. The number of Topliss-reactive ketones (excluding diaryl/α,β-unsaturated/α-hetero) is 1. The molecule has 1 aromatic carbocycles. The Labute approximate surface area is 160 Å². The fraction of sp³-hybridized carbons (Fsp3) is 0.565. The molecule has 3 aliphatic rings. The molecule has 0 aromatic heterocycles. The van der Waals surface area contributed by atoms with Gasteiger partial charge in [-0.25, -0.2) is 4.39 Å². The van der Waals surface area contributed by atoms with Gasteiger partial charge in [0.1, 0.15) is 5.82 Å². The minimum absolute atomic E-state index is 0.0637. The highest BCUT2D eigenvalue weighted by molar-refractivity contribution is 6.02. The van der Waals surface area contributed by atoms with Crippen molar-refractivity contribution < 1.29 is 14.0 Å². The predicted octanol–water partition coefficient (Wildman–Crippen LogP) is 5.14. The molecule has 0 spiro atoms. The summed E-state index contributed by atoms with van der Waals surface area (Å²) >= 11 is 0. The second kappa shape index (κ2) is 6.57. The number of benzene rings is 1. The number of fused-ring (bicyclic) bond motifs is 1. The summed E-state index contributed by atoms with van der Waals surface area (Å²) in [5.41, 5.74) is 3.68. The molecule has 27 heavy (non-hydrogen) atoms. The van der Waals surface area contributed by atoms with Crippen molar-refractivity contribution >= 4 is 11.7 Å². The standard InChI is InChI=1S/C23H28FNO2/c1-14-4-5-20(21(26)10-14)25-13-19-17(11-16(24)12-18(19)22(25)27)15-6-8-23(2,3)9-7-15/h11-12,15,20H,1,4-10,13H2,2-3H3. The Morgan fingerprint density at radius 2 is 1.85 bits per heavy atom. The van der Waals surface area contributed by atoms with Gasteiger partial charge in [-0.3, -0.25) is 9.59 Å². The minimum atomic E-state index is -0.392. The van der Waals surface area contributed by atoms with E-state index in [1.54, 1.807) is 11.0 Å². The van der Waals surface area contributed by atoms with Gasteiger partial charge in [-0.05, 0) is 73.1 Å². The highest BCUT2D eigenvalue weighted by atomic mass is 19.1. The molecule has 1 amide bonds. The van der Waals surface area contributed by atoms with Crippen molar-refractivity contribution in [1.29, 1.82) is 0 Å². The first-order valence-electron chi connectivity index (χ1n) is 10.1. The molecule has 3 nitrogen and oxygen atoms in total. The van der Waals surface area contributed by atoms with Crippen molar-refractivity contribution in [3.8, 4) is 0 Å². The first kappa shape index (κ1) is 18.4. The molecule has 0 radical (unpaired) electrons. The SMILES string of the molecule is C=C1CCC(N2Cc3c(cc(F)cc3C3CCC(C)(C)CC3)C2=O)C(=O)C1. The number of rotatable bonds is 2. The topological polar surface area (TPSA) is 37.4 Å². The molecule has 1 aromatic rings. The van der Waals surface area contributed by atoms with E-state index < -0.39 is 6.04 Å². The Bertz CT molecular complexity index is 816. The number of amides is 1. The van der Waals surface area contributed by atoms with Crippen LogP contribution in [0.25, 0.3) is 0 Å². The van der Waals surface area contributed by atoms with Gasteiger partial charge >= 0.3 is 0 Å². The van der Waals surface area contributed by atoms with Crippen LogP contribution in [0, 0.1) is 11.2 Å². The molecule has 0 saturated heterocycles. The van der Waals surface area contributed by atoms with Crippen LogP contribution in [0.15, 0.2) is 24.3 Å². The van der Waals surface area contributed by atoms with E-state index in [9.17, 15) is 14.0 Å². The number of ketones is 1. The summed E-state index contributed by atoms with van der Waals surface area (Å²) in [6, 6.07) is 2.60. The first-order chi connectivity index (χ1) is 12.7. The molecule has 1 aliphatic heterocycles. The summed E-state index contributed by atoms with van der Waals surface area (Å²) in [5.74, 6) is -0.161. The van der Waals surface area contributed by atoms with Crippen LogP contribution in [-0.2, 0) is 11.3 Å². The van der Waals surface area contributed by atoms with Crippen LogP contribution in [0.5, 0.6) is 0 Å². The highest BCUT2D eigenvalue weighted by Crippen LogP contribution is 2.45. The summed E-state index contributed by atoms with van der Waals surface area (Å²) < 4.78 is 14.4. The molecule has 2 fully saturated rings. The summed E-state index contributed by atoms with van der Waals surface area (Å²) in [5, 5.41) is 0. The highest BCUT2D eigenvalue weighted by Gasteiger charge is 2.40. The van der Waals surface area contributed by atoms with E-state index in [0.29, 0.717) is 36.3 Å². The second-order valence-electron chi connectivity index (χ2n) is 9.34. The first-order valence-corrected chi connectivity index (χ1v) is 10.1. The van der Waals surface area contributed by atoms with Gasteiger partial charge in [0.15, 0.2) is 5.78 Å². The molecule has 1 heterocycles. The van der Waals surface area contributed by atoms with E-state index >= 15 is 0 Å². The Kier molecular flexibility index (Phi) is 4.48. The van der Waals surface area contributed by atoms with Gasteiger partial charge in [0, 0.05) is 18.5 Å². The van der Waals surface area contributed by atoms with Crippen LogP contribution in [0.1, 0.15) is 86.2 Å². The second-order valence-corrected chi connectivity index (χ2v) is 9.34. The van der Waals surface area contributed by atoms with Gasteiger partial charge in [0.05, 0.1) is 6.04 Å². The van der Waals surface area contributed by atoms with Crippen LogP contribution in [0.4, 0.5) is 4.39 Å². The zero-order chi connectivity index (χ0) is 19.3. The number of nitrogens with zero attached hydrogens (tertiary/aromatic N) is 1. The van der Waals surface area contributed by atoms with E-state index in [2.05, 4.69) is 20.4 Å². The number of carbonyl (C=O) groups excluding carboxylic acids is 2. The van der Waals surface area contributed by atoms with E-state index in [0.717, 1.165) is 48.8 Å². The van der Waals surface area contributed by atoms with E-state index in [1.165, 1.54) is 6.07 Å². The lowest BCUT2D eigenvalue weighted by atomic mass is 9.70. The molecule has 0 bridgehead atoms. The van der Waals surface area contributed by atoms with E-state index in [1.807, 2.05) is 0 Å². The molecule has 4 heteroatoms. The number of carbonyl (C=O) groups is 2. The molecule has 1 atom stereocenters. The molecule has 144 valence electrons. The van der Waals surface area contributed by atoms with E-state index in [4.69, 9.17) is 0 Å². The number of hydrogen-bond acceptors (Lipinski definition) is 2. The Morgan fingerprint density at radius 1 is 1.15 bits per heavy atom. The van der Waals surface area contributed by atoms with Crippen LogP contribution in [0.3, 0.4) is 0 Å². The number of halogens is 1. The molecule has 0 N–H and O–H groups in total. The molecular weight excluding hydrogens is 341 g/mol. The zero-order valence-electron chi connectivity index (χ0n) is 16.3. The molecule has 1 unspecified atom stereocenters. The summed E-state index contributed by atoms with van der Waals surface area (Å²) in [6.07, 6.45) is 6.04. The monoisotopic (exact) mass is 369 g/mol. The van der Waals surface area contributed by atoms with Crippen molar-refractivity contribution in [3.05, 3.63) is 46.8 Å². The fourth-order valence-corrected chi connectivity index (χ4v) is 5.03. The third kappa shape index (κ3) is 3.35. The molecule has 2 saturated carbocycles. The van der Waals surface area contributed by atoms with Crippen molar-refractivity contribution in [2.75, 3.05) is 0 Å². The summed E-state index contributed by atoms with van der Waals surface area (Å²) in [6.45, 7) is 8.92. The van der Waals surface area contributed by atoms with Crippen molar-refractivity contribution in [1.82, 2.24) is 4.90 Å². The average molecular weight is 369 g/mol. The third-order valence-electron chi connectivity index (χ3n) is 6.79. The van der Waals surface area contributed by atoms with Gasteiger partial charge < -0.3 is 4.90 Å². The third-order valence-corrected chi connectivity index (χ3v) is 6.79. The van der Waals surface area contributed by atoms with Crippen LogP contribution in [-0.4, -0.2) is 22.6 Å². The molecular formula is C23H28FNO2. The van der Waals surface area contributed by atoms with E-state index in [-0.39, 0.29) is 17.5 Å². The normalized spacial score (nSPS) is 25.8. The van der Waals surface area contributed by atoms with Crippen molar-refractivity contribution in [2.45, 2.75) is 77.3 Å². The lowest BCUT2D eigenvalue weighted by molar-refractivity contribution is -0.124. The number of allylic oxidation sites excluding steroid dienone is 1. The van der Waals surface area contributed by atoms with Gasteiger partial charge in [0.25, 0.3) is 5.91 Å². The van der Waals surface area contributed by atoms with Gasteiger partial charge in [-0.15, -0.1) is 0 Å². The number of hydrogen-bond donors (Lipinski definition) is 0. The summed E-state index contributed by atoms with van der Waals surface area (Å²) in [7, 11) is 0. The van der Waals surface area contributed by atoms with Gasteiger partial charge in [0.2, 0.25) is 0 Å². The maximum Gasteiger partial charge on any atom is 0.255 e. The van der Waals surface area contributed by atoms with Crippen LogP contribution < -0.4 is 0 Å². The van der Waals surface area contributed by atoms with Crippen molar-refractivity contribution in [3.63, 3.8) is 0 Å². The lowest BCUT2D eigenvalue weighted by Crippen LogP contribution is -2.43. The summed E-state index contributed by atoms with van der Waals surface area (Å²) in [4.78, 5) is 27.2. The minimum Gasteiger partial charge on any atom is -0.324 e. The zero-order valence-corrected chi connectivity index (χ0v) is 16.3. The predicted molar refractivity (Wildman–Crippen MR) is 103 cm³/mol. The van der Waals surface area contributed by atoms with Crippen LogP contribution in [0.2, 0.25) is 0 Å². The Balaban J connectivity index is 1.63. The average Bonchev–Trinajstić information content (AvgIpc) is 2.91. The van der Waals surface area contributed by atoms with Crippen molar-refractivity contribution in [2.24, 2.45) is 5.41 Å². The Hall–Kier alpha value is -1.97. The molecule has 2 aliphatic carbocycles. The van der Waals surface area contributed by atoms with Crippen LogP contribution >= 0.6 is 0 Å². The van der Waals surface area contributed by atoms with Gasteiger partial charge in [-0.2, -0.15) is 0 Å². The maximum atomic E-state index is 14.4. The lowest BCUT2D eigenvalue weighted by Gasteiger charge is -2.35. The fourth-order valence-electron chi connectivity index (χ4n) is 5.03. The molecule has 4 rings (SSSR count). The van der Waals surface area contributed by atoms with Gasteiger partial charge in [-0.1, -0.05) is 26.0 Å². The maximum absolute atomic E-state index is 14.4.